The molecule has 4 nitrogen and oxygen atoms in total. The molecule has 1 aromatic rings. The number of aliphatic imine (C=N–C) groups is 1. The summed E-state index contributed by atoms with van der Waals surface area (Å²) >= 11 is 0. The number of allylic oxidation sites excluding steroid dienone is 1. The van der Waals surface area contributed by atoms with E-state index in [1.807, 2.05) is 43.3 Å². The summed E-state index contributed by atoms with van der Waals surface area (Å²) in [6, 6.07) is 8.02. The standard InChI is InChI=1S/C12H18N4/c1-14-9-10(8-13)16(3)12-7-5-4-6-11(12)15-2/h4-9,15H,13H2,1-3H3. The second-order valence-corrected chi connectivity index (χ2v) is 3.30. The Morgan fingerprint density at radius 2 is 2.12 bits per heavy atom. The van der Waals surface area contributed by atoms with E-state index in [4.69, 9.17) is 5.73 Å². The number of nitrogens with one attached hydrogen (secondary N) is 1. The largest absolute Gasteiger partial charge is 0.403 e. The van der Waals surface area contributed by atoms with E-state index < -0.39 is 0 Å². The van der Waals surface area contributed by atoms with Crippen LogP contribution in [0.2, 0.25) is 0 Å². The molecule has 0 amide bonds. The van der Waals surface area contributed by atoms with Crippen LogP contribution < -0.4 is 16.0 Å². The molecule has 0 fully saturated rings. The summed E-state index contributed by atoms with van der Waals surface area (Å²) in [6.07, 6.45) is 3.27. The molecule has 0 atom stereocenters. The van der Waals surface area contributed by atoms with Crippen LogP contribution in [0, 0.1) is 0 Å². The fourth-order valence-electron chi connectivity index (χ4n) is 1.49. The first kappa shape index (κ1) is 12.1. The van der Waals surface area contributed by atoms with Crippen molar-refractivity contribution in [3.05, 3.63) is 36.2 Å². The third-order valence-corrected chi connectivity index (χ3v) is 2.35. The van der Waals surface area contributed by atoms with Gasteiger partial charge in [0.25, 0.3) is 0 Å². The first-order valence-corrected chi connectivity index (χ1v) is 5.09. The molecule has 1 rings (SSSR count). The first-order chi connectivity index (χ1) is 7.74. The molecule has 86 valence electrons. The molecule has 4 heteroatoms. The number of hydrogen-bond acceptors (Lipinski definition) is 4. The molecule has 0 aliphatic heterocycles. The lowest BCUT2D eigenvalue weighted by molar-refractivity contribution is 1.15. The van der Waals surface area contributed by atoms with Crippen LogP contribution in [0.1, 0.15) is 0 Å². The van der Waals surface area contributed by atoms with E-state index in [1.165, 1.54) is 0 Å². The van der Waals surface area contributed by atoms with Gasteiger partial charge in [0.1, 0.15) is 0 Å². The molecule has 0 spiro atoms. The van der Waals surface area contributed by atoms with Crippen LogP contribution in [0.3, 0.4) is 0 Å². The molecule has 0 aromatic heterocycles. The second kappa shape index (κ2) is 5.80. The molecule has 0 saturated heterocycles. The minimum absolute atomic E-state index is 0.852. The fourth-order valence-corrected chi connectivity index (χ4v) is 1.49. The number of nitrogens with two attached hydrogens (primary N) is 1. The van der Waals surface area contributed by atoms with Gasteiger partial charge in [-0.3, -0.25) is 4.99 Å². The number of anilines is 2. The van der Waals surface area contributed by atoms with Crippen molar-refractivity contribution in [2.45, 2.75) is 0 Å². The van der Waals surface area contributed by atoms with E-state index in [0.29, 0.717) is 0 Å². The minimum Gasteiger partial charge on any atom is -0.403 e. The van der Waals surface area contributed by atoms with E-state index in [0.717, 1.165) is 17.1 Å². The van der Waals surface area contributed by atoms with Gasteiger partial charge in [0.2, 0.25) is 0 Å². The van der Waals surface area contributed by atoms with E-state index in [1.54, 1.807) is 19.5 Å². The predicted molar refractivity (Wildman–Crippen MR) is 71.1 cm³/mol. The number of benzene rings is 1. The highest BCUT2D eigenvalue weighted by molar-refractivity contribution is 5.86. The van der Waals surface area contributed by atoms with Crippen molar-refractivity contribution in [2.24, 2.45) is 10.7 Å². The Kier molecular flexibility index (Phi) is 4.39. The molecule has 0 aliphatic rings. The van der Waals surface area contributed by atoms with Crippen molar-refractivity contribution in [3.8, 4) is 0 Å². The van der Waals surface area contributed by atoms with Gasteiger partial charge in [-0.25, -0.2) is 0 Å². The number of para-hydroxylation sites is 2. The van der Waals surface area contributed by atoms with Gasteiger partial charge in [0.05, 0.1) is 17.1 Å². The third-order valence-electron chi connectivity index (χ3n) is 2.35. The second-order valence-electron chi connectivity index (χ2n) is 3.30. The lowest BCUT2D eigenvalue weighted by atomic mass is 10.2. The summed E-state index contributed by atoms with van der Waals surface area (Å²) in [5.41, 5.74) is 8.53. The van der Waals surface area contributed by atoms with E-state index in [-0.39, 0.29) is 0 Å². The van der Waals surface area contributed by atoms with Crippen LogP contribution in [-0.4, -0.2) is 27.4 Å². The van der Waals surface area contributed by atoms with E-state index >= 15 is 0 Å². The molecule has 0 heterocycles. The van der Waals surface area contributed by atoms with E-state index in [9.17, 15) is 0 Å². The van der Waals surface area contributed by atoms with Crippen molar-refractivity contribution in [1.82, 2.24) is 0 Å². The summed E-state index contributed by atoms with van der Waals surface area (Å²) in [6.45, 7) is 0. The average molecular weight is 218 g/mol. The van der Waals surface area contributed by atoms with Crippen LogP contribution in [0.5, 0.6) is 0 Å². The molecule has 16 heavy (non-hydrogen) atoms. The highest BCUT2D eigenvalue weighted by Gasteiger charge is 2.08. The zero-order chi connectivity index (χ0) is 12.0. The monoisotopic (exact) mass is 218 g/mol. The summed E-state index contributed by atoms with van der Waals surface area (Å²) in [4.78, 5) is 5.96. The van der Waals surface area contributed by atoms with Gasteiger partial charge < -0.3 is 16.0 Å². The molecule has 0 aliphatic carbocycles. The maximum Gasteiger partial charge on any atom is 0.0747 e. The van der Waals surface area contributed by atoms with E-state index in [2.05, 4.69) is 10.3 Å². The quantitative estimate of drug-likeness (QED) is 0.756. The molecule has 1 aromatic carbocycles. The van der Waals surface area contributed by atoms with Crippen LogP contribution in [-0.2, 0) is 0 Å². The van der Waals surface area contributed by atoms with Crippen LogP contribution >= 0.6 is 0 Å². The lowest BCUT2D eigenvalue weighted by Gasteiger charge is -2.22. The van der Waals surface area contributed by atoms with Gasteiger partial charge in [0, 0.05) is 33.6 Å². The summed E-state index contributed by atoms with van der Waals surface area (Å²) < 4.78 is 0. The zero-order valence-electron chi connectivity index (χ0n) is 9.94. The Bertz CT molecular complexity index is 396. The number of rotatable bonds is 4. The molecule has 0 unspecified atom stereocenters. The highest BCUT2D eigenvalue weighted by Crippen LogP contribution is 2.25. The lowest BCUT2D eigenvalue weighted by Crippen LogP contribution is -2.19. The maximum absolute atomic E-state index is 5.57. The first-order valence-electron chi connectivity index (χ1n) is 5.09. The third kappa shape index (κ3) is 2.53. The molecular weight excluding hydrogens is 200 g/mol. The smallest absolute Gasteiger partial charge is 0.0747 e. The van der Waals surface area contributed by atoms with Crippen LogP contribution in [0.4, 0.5) is 11.4 Å². The topological polar surface area (TPSA) is 53.6 Å². The predicted octanol–water partition coefficient (Wildman–Crippen LogP) is 1.67. The van der Waals surface area contributed by atoms with Crippen molar-refractivity contribution in [2.75, 3.05) is 31.4 Å². The fraction of sp³-hybridized carbons (Fsp3) is 0.250. The number of nitrogens with zero attached hydrogens (tertiary/aromatic N) is 2. The van der Waals surface area contributed by atoms with Crippen LogP contribution in [0.25, 0.3) is 0 Å². The van der Waals surface area contributed by atoms with Gasteiger partial charge in [0.15, 0.2) is 0 Å². The molecule has 0 saturated carbocycles. The van der Waals surface area contributed by atoms with Crippen molar-refractivity contribution >= 4 is 17.6 Å². The number of hydrogen-bond donors (Lipinski definition) is 2. The average Bonchev–Trinajstić information content (AvgIpc) is 2.35. The normalized spacial score (nSPS) is 11.8. The van der Waals surface area contributed by atoms with Gasteiger partial charge in [-0.2, -0.15) is 0 Å². The maximum atomic E-state index is 5.57. The van der Waals surface area contributed by atoms with Gasteiger partial charge in [-0.05, 0) is 12.1 Å². The molecule has 0 radical (unpaired) electrons. The molecule has 0 bridgehead atoms. The highest BCUT2D eigenvalue weighted by atomic mass is 15.1. The SMILES string of the molecule is CN=CC(=CN)N(C)c1ccccc1NC. The Balaban J connectivity index is 3.08. The Hall–Kier alpha value is -1.97. The summed E-state index contributed by atoms with van der Waals surface area (Å²) in [5.74, 6) is 0. The summed E-state index contributed by atoms with van der Waals surface area (Å²) in [5, 5.41) is 3.14. The van der Waals surface area contributed by atoms with Gasteiger partial charge in [-0.1, -0.05) is 12.1 Å². The van der Waals surface area contributed by atoms with Crippen molar-refractivity contribution < 1.29 is 0 Å². The van der Waals surface area contributed by atoms with Crippen molar-refractivity contribution in [1.29, 1.82) is 0 Å². The molecular formula is C12H18N4. The van der Waals surface area contributed by atoms with Gasteiger partial charge in [-0.15, -0.1) is 0 Å². The van der Waals surface area contributed by atoms with Crippen LogP contribution in [0.15, 0.2) is 41.2 Å². The molecule has 3 N–H and O–H groups in total. The van der Waals surface area contributed by atoms with Crippen molar-refractivity contribution in [3.63, 3.8) is 0 Å². The summed E-state index contributed by atoms with van der Waals surface area (Å²) in [7, 11) is 5.57. The Labute approximate surface area is 96.5 Å². The minimum atomic E-state index is 0.852. The Morgan fingerprint density at radius 1 is 1.44 bits per heavy atom. The zero-order valence-corrected chi connectivity index (χ0v) is 9.94. The van der Waals surface area contributed by atoms with Gasteiger partial charge >= 0.3 is 0 Å². The Morgan fingerprint density at radius 3 is 2.69 bits per heavy atom.